The Morgan fingerprint density at radius 2 is 1.81 bits per heavy atom. The van der Waals surface area contributed by atoms with Gasteiger partial charge in [0, 0.05) is 19.1 Å². The summed E-state index contributed by atoms with van der Waals surface area (Å²) in [4.78, 5) is 28.7. The second-order valence-corrected chi connectivity index (χ2v) is 6.83. The van der Waals surface area contributed by atoms with E-state index in [9.17, 15) is 14.7 Å². The second-order valence-electron chi connectivity index (χ2n) is 6.83. The predicted molar refractivity (Wildman–Crippen MR) is 78.6 cm³/mol. The fourth-order valence-corrected chi connectivity index (χ4v) is 4.39. The second kappa shape index (κ2) is 5.44. The first kappa shape index (κ1) is 14.6. The van der Waals surface area contributed by atoms with Crippen molar-refractivity contribution in [3.8, 4) is 0 Å². The summed E-state index contributed by atoms with van der Waals surface area (Å²) >= 11 is 0. The van der Waals surface area contributed by atoms with Gasteiger partial charge in [-0.05, 0) is 45.2 Å². The van der Waals surface area contributed by atoms with E-state index in [1.54, 1.807) is 0 Å². The molecule has 3 aliphatic rings. The summed E-state index contributed by atoms with van der Waals surface area (Å²) < 4.78 is 0. The lowest BCUT2D eigenvalue weighted by Gasteiger charge is -2.34. The molecule has 2 bridgehead atoms. The van der Waals surface area contributed by atoms with E-state index in [0.717, 1.165) is 32.5 Å². The summed E-state index contributed by atoms with van der Waals surface area (Å²) in [6, 6.07) is 0.155. The molecule has 21 heavy (non-hydrogen) atoms. The molecule has 1 saturated carbocycles. The van der Waals surface area contributed by atoms with Crippen LogP contribution in [0.4, 0.5) is 0 Å². The van der Waals surface area contributed by atoms with Gasteiger partial charge in [0.1, 0.15) is 0 Å². The number of aliphatic carboxylic acids is 1. The van der Waals surface area contributed by atoms with Crippen LogP contribution in [0.25, 0.3) is 0 Å². The van der Waals surface area contributed by atoms with Crippen molar-refractivity contribution in [3.05, 3.63) is 12.2 Å². The lowest BCUT2D eigenvalue weighted by Crippen LogP contribution is -2.48. The van der Waals surface area contributed by atoms with Crippen LogP contribution >= 0.6 is 0 Å². The van der Waals surface area contributed by atoms with Crippen molar-refractivity contribution in [2.75, 3.05) is 26.7 Å². The molecule has 5 nitrogen and oxygen atoms in total. The van der Waals surface area contributed by atoms with Gasteiger partial charge in [-0.25, -0.2) is 0 Å². The van der Waals surface area contributed by atoms with Gasteiger partial charge in [-0.2, -0.15) is 0 Å². The number of carboxylic acids is 1. The molecule has 1 saturated heterocycles. The number of hydrogen-bond acceptors (Lipinski definition) is 3. The molecule has 0 aromatic heterocycles. The number of amides is 1. The van der Waals surface area contributed by atoms with Crippen LogP contribution in [0.2, 0.25) is 0 Å². The van der Waals surface area contributed by atoms with Gasteiger partial charge >= 0.3 is 5.97 Å². The molecular formula is C16H24N2O3. The first-order valence-electron chi connectivity index (χ1n) is 7.89. The van der Waals surface area contributed by atoms with Crippen molar-refractivity contribution in [1.82, 2.24) is 9.80 Å². The van der Waals surface area contributed by atoms with Gasteiger partial charge in [-0.3, -0.25) is 9.59 Å². The molecular weight excluding hydrogens is 268 g/mol. The standard InChI is InChI=1S/C16H24N2O3/c1-10-9-17(2)6-3-7-18(10)15(19)13-11-4-5-12(8-11)14(13)16(20)21/h4-5,10-14H,3,6-9H2,1-2H3,(H,20,21)/t10?,11?,12?,13-,14+/m0/s1. The number of fused-ring (bicyclic) bond motifs is 2. The molecule has 0 aromatic rings. The average Bonchev–Trinajstić information content (AvgIpc) is 2.98. The van der Waals surface area contributed by atoms with E-state index in [4.69, 9.17) is 0 Å². The number of carbonyl (C=O) groups is 2. The van der Waals surface area contributed by atoms with E-state index >= 15 is 0 Å². The van der Waals surface area contributed by atoms with Gasteiger partial charge < -0.3 is 14.9 Å². The van der Waals surface area contributed by atoms with Crippen LogP contribution in [0, 0.1) is 23.7 Å². The quantitative estimate of drug-likeness (QED) is 0.773. The Morgan fingerprint density at radius 3 is 2.48 bits per heavy atom. The van der Waals surface area contributed by atoms with Gasteiger partial charge in [0.15, 0.2) is 0 Å². The van der Waals surface area contributed by atoms with Crippen molar-refractivity contribution in [2.45, 2.75) is 25.8 Å². The number of carbonyl (C=O) groups excluding carboxylic acids is 1. The molecule has 1 aliphatic heterocycles. The topological polar surface area (TPSA) is 60.9 Å². The van der Waals surface area contributed by atoms with Crippen LogP contribution in [0.15, 0.2) is 12.2 Å². The number of likely N-dealkylation sites (N-methyl/N-ethyl adjacent to an activating group) is 1. The maximum absolute atomic E-state index is 13.0. The Labute approximate surface area is 125 Å². The SMILES string of the molecule is CC1CN(C)CCCN1C(=O)[C@H]1C2C=CC(C2)[C@H]1C(=O)O. The fourth-order valence-electron chi connectivity index (χ4n) is 4.39. The van der Waals surface area contributed by atoms with Crippen LogP contribution in [0.1, 0.15) is 19.8 Å². The van der Waals surface area contributed by atoms with Gasteiger partial charge in [0.2, 0.25) is 5.91 Å². The number of carboxylic acid groups (broad SMARTS) is 1. The summed E-state index contributed by atoms with van der Waals surface area (Å²) in [5, 5.41) is 9.50. The molecule has 3 unspecified atom stereocenters. The Kier molecular flexibility index (Phi) is 3.78. The lowest BCUT2D eigenvalue weighted by molar-refractivity contribution is -0.151. The smallest absolute Gasteiger partial charge is 0.307 e. The van der Waals surface area contributed by atoms with Crippen LogP contribution in [-0.2, 0) is 9.59 Å². The summed E-state index contributed by atoms with van der Waals surface area (Å²) in [6.45, 7) is 4.67. The highest BCUT2D eigenvalue weighted by molar-refractivity contribution is 5.87. The van der Waals surface area contributed by atoms with Crippen LogP contribution in [0.5, 0.6) is 0 Å². The molecule has 0 radical (unpaired) electrons. The van der Waals surface area contributed by atoms with Gasteiger partial charge in [-0.1, -0.05) is 12.2 Å². The molecule has 3 rings (SSSR count). The molecule has 1 N–H and O–H groups in total. The zero-order valence-corrected chi connectivity index (χ0v) is 12.7. The van der Waals surface area contributed by atoms with E-state index in [0.29, 0.717) is 0 Å². The molecule has 116 valence electrons. The highest BCUT2D eigenvalue weighted by atomic mass is 16.4. The fraction of sp³-hybridized carbons (Fsp3) is 0.750. The lowest BCUT2D eigenvalue weighted by atomic mass is 9.82. The Balaban J connectivity index is 1.80. The van der Waals surface area contributed by atoms with Crippen molar-refractivity contribution in [3.63, 3.8) is 0 Å². The molecule has 5 atom stereocenters. The first-order valence-corrected chi connectivity index (χ1v) is 7.89. The van der Waals surface area contributed by atoms with Crippen LogP contribution in [-0.4, -0.2) is 59.5 Å². The minimum absolute atomic E-state index is 0.0476. The number of nitrogens with zero attached hydrogens (tertiary/aromatic N) is 2. The Hall–Kier alpha value is -1.36. The molecule has 2 aliphatic carbocycles. The summed E-state index contributed by atoms with van der Waals surface area (Å²) in [5.41, 5.74) is 0. The summed E-state index contributed by atoms with van der Waals surface area (Å²) in [5.74, 6) is -1.47. The van der Waals surface area contributed by atoms with Crippen molar-refractivity contribution < 1.29 is 14.7 Å². The number of rotatable bonds is 2. The maximum Gasteiger partial charge on any atom is 0.307 e. The molecule has 0 spiro atoms. The maximum atomic E-state index is 13.0. The minimum atomic E-state index is -0.815. The predicted octanol–water partition coefficient (Wildman–Crippen LogP) is 1.06. The monoisotopic (exact) mass is 292 g/mol. The zero-order valence-electron chi connectivity index (χ0n) is 12.7. The van der Waals surface area contributed by atoms with Crippen LogP contribution < -0.4 is 0 Å². The highest BCUT2D eigenvalue weighted by Crippen LogP contribution is 2.49. The summed E-state index contributed by atoms with van der Waals surface area (Å²) in [7, 11) is 2.07. The van der Waals surface area contributed by atoms with Crippen molar-refractivity contribution >= 4 is 11.9 Å². The number of allylic oxidation sites excluding steroid dienone is 2. The van der Waals surface area contributed by atoms with Gasteiger partial charge in [0.25, 0.3) is 0 Å². The largest absolute Gasteiger partial charge is 0.481 e. The third-order valence-electron chi connectivity index (χ3n) is 5.36. The Morgan fingerprint density at radius 1 is 1.14 bits per heavy atom. The first-order chi connectivity index (χ1) is 9.99. The van der Waals surface area contributed by atoms with E-state index in [2.05, 4.69) is 24.9 Å². The molecule has 1 amide bonds. The average molecular weight is 292 g/mol. The van der Waals surface area contributed by atoms with E-state index in [1.807, 2.05) is 11.0 Å². The summed E-state index contributed by atoms with van der Waals surface area (Å²) in [6.07, 6.45) is 5.84. The van der Waals surface area contributed by atoms with Crippen LogP contribution in [0.3, 0.4) is 0 Å². The molecule has 0 aromatic carbocycles. The highest BCUT2D eigenvalue weighted by Gasteiger charge is 2.53. The number of hydrogen-bond donors (Lipinski definition) is 1. The Bertz CT molecular complexity index is 476. The van der Waals surface area contributed by atoms with Gasteiger partial charge in [0.05, 0.1) is 11.8 Å². The normalized spacial score (nSPS) is 39.5. The third kappa shape index (κ3) is 2.48. The molecule has 1 heterocycles. The van der Waals surface area contributed by atoms with E-state index in [-0.39, 0.29) is 29.7 Å². The minimum Gasteiger partial charge on any atom is -0.481 e. The van der Waals surface area contributed by atoms with Crippen molar-refractivity contribution in [2.24, 2.45) is 23.7 Å². The van der Waals surface area contributed by atoms with E-state index < -0.39 is 11.9 Å². The van der Waals surface area contributed by atoms with E-state index in [1.165, 1.54) is 0 Å². The van der Waals surface area contributed by atoms with Gasteiger partial charge in [-0.15, -0.1) is 0 Å². The molecule has 2 fully saturated rings. The van der Waals surface area contributed by atoms with Crippen molar-refractivity contribution in [1.29, 1.82) is 0 Å². The third-order valence-corrected chi connectivity index (χ3v) is 5.36. The zero-order chi connectivity index (χ0) is 15.1. The molecule has 5 heteroatoms.